The smallest absolute Gasteiger partial charge is 0.341 e. The summed E-state index contributed by atoms with van der Waals surface area (Å²) in [6.07, 6.45) is 0. The van der Waals surface area contributed by atoms with E-state index in [1.807, 2.05) is 13.8 Å². The number of sulfonamides is 1. The van der Waals surface area contributed by atoms with Crippen molar-refractivity contribution in [3.63, 3.8) is 0 Å². The van der Waals surface area contributed by atoms with Gasteiger partial charge in [-0.25, -0.2) is 23.2 Å². The fraction of sp³-hybridized carbons (Fsp3) is 0.136. The summed E-state index contributed by atoms with van der Waals surface area (Å²) in [5.41, 5.74) is 2.19. The number of methoxy groups -OCH3 is 1. The molecular weight excluding hydrogens is 484 g/mol. The standard InChI is InChI=1S/C22H19ClN4O4S2/c1-12-13(2)32-21(18(12)22(28)31-3)26-19-20(25-17-7-5-4-6-16(17)24-19)27-33(29,30)15-10-8-14(23)9-11-15/h4-11H,1-3H3,(H,24,26)(H,25,27). The number of thiophene rings is 1. The molecule has 4 rings (SSSR count). The van der Waals surface area contributed by atoms with Crippen molar-refractivity contribution in [3.8, 4) is 0 Å². The Kier molecular flexibility index (Phi) is 6.24. The van der Waals surface area contributed by atoms with Gasteiger partial charge in [0.05, 0.1) is 28.6 Å². The van der Waals surface area contributed by atoms with Crippen LogP contribution in [0.25, 0.3) is 11.0 Å². The van der Waals surface area contributed by atoms with Gasteiger partial charge >= 0.3 is 5.97 Å². The molecule has 0 radical (unpaired) electrons. The van der Waals surface area contributed by atoms with Crippen LogP contribution < -0.4 is 10.0 Å². The van der Waals surface area contributed by atoms with Crippen molar-refractivity contribution in [1.82, 2.24) is 9.97 Å². The van der Waals surface area contributed by atoms with Gasteiger partial charge in [-0.2, -0.15) is 0 Å². The number of hydrogen-bond acceptors (Lipinski definition) is 8. The van der Waals surface area contributed by atoms with Crippen LogP contribution in [0.2, 0.25) is 5.02 Å². The van der Waals surface area contributed by atoms with Crippen LogP contribution in [0.3, 0.4) is 0 Å². The number of carbonyl (C=O) groups is 1. The van der Waals surface area contributed by atoms with Crippen molar-refractivity contribution in [1.29, 1.82) is 0 Å². The Bertz CT molecular complexity index is 1470. The highest BCUT2D eigenvalue weighted by atomic mass is 35.5. The molecule has 4 aromatic rings. The van der Waals surface area contributed by atoms with Gasteiger partial charge in [0.1, 0.15) is 5.00 Å². The third kappa shape index (κ3) is 4.63. The zero-order chi connectivity index (χ0) is 23.8. The molecule has 8 nitrogen and oxygen atoms in total. The Labute approximate surface area is 199 Å². The van der Waals surface area contributed by atoms with Crippen LogP contribution in [0, 0.1) is 13.8 Å². The lowest BCUT2D eigenvalue weighted by Crippen LogP contribution is -2.16. The molecule has 2 aromatic carbocycles. The van der Waals surface area contributed by atoms with Gasteiger partial charge in [0.25, 0.3) is 10.0 Å². The maximum atomic E-state index is 13.0. The molecule has 0 amide bonds. The zero-order valence-corrected chi connectivity index (χ0v) is 20.2. The van der Waals surface area contributed by atoms with Crippen LogP contribution >= 0.6 is 22.9 Å². The van der Waals surface area contributed by atoms with Gasteiger partial charge in [0.2, 0.25) is 0 Å². The van der Waals surface area contributed by atoms with E-state index in [-0.39, 0.29) is 16.5 Å². The largest absolute Gasteiger partial charge is 0.465 e. The normalized spacial score (nSPS) is 11.4. The van der Waals surface area contributed by atoms with Gasteiger partial charge in [-0.3, -0.25) is 4.72 Å². The number of hydrogen-bond donors (Lipinski definition) is 2. The molecule has 0 unspecified atom stereocenters. The molecule has 0 aliphatic rings. The lowest BCUT2D eigenvalue weighted by atomic mass is 10.1. The Hall–Kier alpha value is -3.21. The summed E-state index contributed by atoms with van der Waals surface area (Å²) in [6.45, 7) is 3.70. The summed E-state index contributed by atoms with van der Waals surface area (Å²) in [5.74, 6) is -0.364. The number of benzene rings is 2. The molecule has 11 heteroatoms. The summed E-state index contributed by atoms with van der Waals surface area (Å²) >= 11 is 7.22. The Balaban J connectivity index is 1.82. The molecule has 0 saturated carbocycles. The Morgan fingerprint density at radius 2 is 1.61 bits per heavy atom. The maximum Gasteiger partial charge on any atom is 0.341 e. The first-order valence-electron chi connectivity index (χ1n) is 9.70. The number of aromatic nitrogens is 2. The van der Waals surface area contributed by atoms with Crippen LogP contribution in [0.5, 0.6) is 0 Å². The molecule has 0 fully saturated rings. The number of nitrogens with zero attached hydrogens (tertiary/aromatic N) is 2. The van der Waals surface area contributed by atoms with Crippen LogP contribution in [0.4, 0.5) is 16.6 Å². The van der Waals surface area contributed by atoms with Crippen molar-refractivity contribution in [2.45, 2.75) is 18.7 Å². The van der Waals surface area contributed by atoms with Gasteiger partial charge < -0.3 is 10.1 Å². The predicted molar refractivity (Wildman–Crippen MR) is 130 cm³/mol. The number of fused-ring (bicyclic) bond motifs is 1. The van der Waals surface area contributed by atoms with E-state index in [9.17, 15) is 13.2 Å². The first-order chi connectivity index (χ1) is 15.7. The number of anilines is 3. The first-order valence-corrected chi connectivity index (χ1v) is 12.4. The predicted octanol–water partition coefficient (Wildman–Crippen LogP) is 5.29. The fourth-order valence-electron chi connectivity index (χ4n) is 3.13. The van der Waals surface area contributed by atoms with Crippen molar-refractivity contribution >= 4 is 66.6 Å². The second-order valence-corrected chi connectivity index (χ2v) is 10.4. The van der Waals surface area contributed by atoms with E-state index in [4.69, 9.17) is 16.3 Å². The van der Waals surface area contributed by atoms with Gasteiger partial charge in [-0.1, -0.05) is 23.7 Å². The van der Waals surface area contributed by atoms with E-state index >= 15 is 0 Å². The summed E-state index contributed by atoms with van der Waals surface area (Å²) in [6, 6.07) is 12.8. The van der Waals surface area contributed by atoms with E-state index in [1.165, 1.54) is 42.7 Å². The molecule has 0 aliphatic heterocycles. The summed E-state index contributed by atoms with van der Waals surface area (Å²) in [7, 11) is -2.68. The van der Waals surface area contributed by atoms with Crippen molar-refractivity contribution in [2.24, 2.45) is 0 Å². The number of para-hydroxylation sites is 2. The van der Waals surface area contributed by atoms with Gasteiger partial charge in [0, 0.05) is 9.90 Å². The van der Waals surface area contributed by atoms with E-state index in [0.29, 0.717) is 26.6 Å². The molecule has 33 heavy (non-hydrogen) atoms. The van der Waals surface area contributed by atoms with Crippen LogP contribution in [0.1, 0.15) is 20.8 Å². The Morgan fingerprint density at radius 3 is 2.21 bits per heavy atom. The first kappa shape index (κ1) is 23.0. The average Bonchev–Trinajstić information content (AvgIpc) is 3.06. The van der Waals surface area contributed by atoms with E-state index in [1.54, 1.807) is 24.3 Å². The minimum Gasteiger partial charge on any atom is -0.465 e. The lowest BCUT2D eigenvalue weighted by molar-refractivity contribution is 0.0601. The summed E-state index contributed by atoms with van der Waals surface area (Å²) in [4.78, 5) is 22.3. The van der Waals surface area contributed by atoms with E-state index < -0.39 is 16.0 Å². The van der Waals surface area contributed by atoms with Crippen LogP contribution in [-0.2, 0) is 14.8 Å². The molecule has 0 bridgehead atoms. The third-order valence-corrected chi connectivity index (χ3v) is 7.66. The maximum absolute atomic E-state index is 13.0. The number of nitrogens with one attached hydrogen (secondary N) is 2. The molecule has 0 aliphatic carbocycles. The number of ether oxygens (including phenoxy) is 1. The number of aryl methyl sites for hydroxylation is 1. The van der Waals surface area contributed by atoms with E-state index in [2.05, 4.69) is 20.0 Å². The quantitative estimate of drug-likeness (QED) is 0.344. The molecule has 0 saturated heterocycles. The number of rotatable bonds is 6. The van der Waals surface area contributed by atoms with Crippen molar-refractivity contribution in [3.05, 3.63) is 69.6 Å². The second kappa shape index (κ2) is 8.97. The second-order valence-electron chi connectivity index (χ2n) is 7.07. The molecule has 0 atom stereocenters. The molecule has 2 aromatic heterocycles. The van der Waals surface area contributed by atoms with Gasteiger partial charge in [-0.15, -0.1) is 11.3 Å². The number of carbonyl (C=O) groups excluding carboxylic acids is 1. The SMILES string of the molecule is COC(=O)c1c(Nc2nc3ccccc3nc2NS(=O)(=O)c2ccc(Cl)cc2)sc(C)c1C. The number of esters is 1. The van der Waals surface area contributed by atoms with Crippen LogP contribution in [0.15, 0.2) is 53.4 Å². The zero-order valence-electron chi connectivity index (χ0n) is 17.8. The monoisotopic (exact) mass is 502 g/mol. The molecule has 2 N–H and O–H groups in total. The highest BCUT2D eigenvalue weighted by molar-refractivity contribution is 7.92. The molecule has 170 valence electrons. The highest BCUT2D eigenvalue weighted by Crippen LogP contribution is 2.36. The fourth-order valence-corrected chi connectivity index (χ4v) is 5.31. The molecular formula is C22H19ClN4O4S2. The average molecular weight is 503 g/mol. The van der Waals surface area contributed by atoms with Crippen molar-refractivity contribution < 1.29 is 17.9 Å². The molecule has 2 heterocycles. The minimum absolute atomic E-state index is 0.0110. The topological polar surface area (TPSA) is 110 Å². The third-order valence-electron chi connectivity index (χ3n) is 4.93. The number of halogens is 1. The van der Waals surface area contributed by atoms with E-state index in [0.717, 1.165) is 10.4 Å². The van der Waals surface area contributed by atoms with Gasteiger partial charge in [-0.05, 0) is 55.8 Å². The van der Waals surface area contributed by atoms with Crippen LogP contribution in [-0.4, -0.2) is 31.5 Å². The molecule has 0 spiro atoms. The summed E-state index contributed by atoms with van der Waals surface area (Å²) < 4.78 is 33.5. The highest BCUT2D eigenvalue weighted by Gasteiger charge is 2.24. The minimum atomic E-state index is -3.99. The van der Waals surface area contributed by atoms with Crippen molar-refractivity contribution in [2.75, 3.05) is 17.1 Å². The lowest BCUT2D eigenvalue weighted by Gasteiger charge is -2.14. The van der Waals surface area contributed by atoms with Gasteiger partial charge in [0.15, 0.2) is 11.6 Å². The summed E-state index contributed by atoms with van der Waals surface area (Å²) in [5, 5.41) is 3.99. The Morgan fingerprint density at radius 1 is 1.00 bits per heavy atom.